The molecule has 1 aromatic carbocycles. The van der Waals surface area contributed by atoms with Gasteiger partial charge in [0, 0.05) is 11.7 Å². The summed E-state index contributed by atoms with van der Waals surface area (Å²) in [6.45, 7) is 6.01. The van der Waals surface area contributed by atoms with Crippen molar-refractivity contribution >= 4 is 17.7 Å². The molecule has 0 radical (unpaired) electrons. The molecule has 0 aliphatic carbocycles. The Morgan fingerprint density at radius 2 is 2.00 bits per heavy atom. The molecule has 1 rings (SSSR count). The van der Waals surface area contributed by atoms with Gasteiger partial charge in [-0.2, -0.15) is 0 Å². The SMILES string of the molecule is CCC(CC(=O)O)NC(=O)Nc1cccc(C(C)C)c1. The number of benzene rings is 1. The van der Waals surface area contributed by atoms with Crippen LogP contribution in [0.3, 0.4) is 0 Å². The number of hydrogen-bond acceptors (Lipinski definition) is 2. The molecule has 0 saturated heterocycles. The Balaban J connectivity index is 2.61. The molecule has 0 aliphatic rings. The van der Waals surface area contributed by atoms with Crippen LogP contribution >= 0.6 is 0 Å². The van der Waals surface area contributed by atoms with Crippen molar-refractivity contribution in [3.05, 3.63) is 29.8 Å². The molecule has 110 valence electrons. The van der Waals surface area contributed by atoms with Gasteiger partial charge in [-0.25, -0.2) is 4.79 Å². The molecule has 0 fully saturated rings. The van der Waals surface area contributed by atoms with Crippen LogP contribution in [-0.4, -0.2) is 23.1 Å². The first-order valence-electron chi connectivity index (χ1n) is 6.81. The molecule has 5 nitrogen and oxygen atoms in total. The van der Waals surface area contributed by atoms with E-state index in [9.17, 15) is 9.59 Å². The number of carbonyl (C=O) groups is 2. The van der Waals surface area contributed by atoms with Gasteiger partial charge in [-0.3, -0.25) is 4.79 Å². The van der Waals surface area contributed by atoms with Gasteiger partial charge >= 0.3 is 12.0 Å². The minimum Gasteiger partial charge on any atom is -0.481 e. The Kier molecular flexibility index (Phi) is 6.03. The van der Waals surface area contributed by atoms with Gasteiger partial charge in [-0.1, -0.05) is 32.9 Å². The lowest BCUT2D eigenvalue weighted by Crippen LogP contribution is -2.38. The van der Waals surface area contributed by atoms with E-state index < -0.39 is 5.97 Å². The second-order valence-electron chi connectivity index (χ2n) is 5.08. The average Bonchev–Trinajstić information content (AvgIpc) is 2.37. The third kappa shape index (κ3) is 5.30. The van der Waals surface area contributed by atoms with E-state index in [2.05, 4.69) is 24.5 Å². The first-order valence-corrected chi connectivity index (χ1v) is 6.81. The Labute approximate surface area is 119 Å². The summed E-state index contributed by atoms with van der Waals surface area (Å²) in [6, 6.07) is 6.89. The summed E-state index contributed by atoms with van der Waals surface area (Å²) < 4.78 is 0. The average molecular weight is 278 g/mol. The van der Waals surface area contributed by atoms with Crippen LogP contribution in [0.15, 0.2) is 24.3 Å². The lowest BCUT2D eigenvalue weighted by molar-refractivity contribution is -0.137. The van der Waals surface area contributed by atoms with Crippen LogP contribution in [0.25, 0.3) is 0 Å². The molecule has 20 heavy (non-hydrogen) atoms. The third-order valence-electron chi connectivity index (χ3n) is 3.06. The molecule has 1 unspecified atom stereocenters. The van der Waals surface area contributed by atoms with Crippen molar-refractivity contribution in [2.24, 2.45) is 0 Å². The van der Waals surface area contributed by atoms with Crippen molar-refractivity contribution in [3.63, 3.8) is 0 Å². The predicted octanol–water partition coefficient (Wildman–Crippen LogP) is 3.18. The number of amides is 2. The van der Waals surface area contributed by atoms with E-state index in [0.29, 0.717) is 18.0 Å². The van der Waals surface area contributed by atoms with Crippen molar-refractivity contribution in [2.45, 2.75) is 45.6 Å². The van der Waals surface area contributed by atoms with Gasteiger partial charge in [0.25, 0.3) is 0 Å². The van der Waals surface area contributed by atoms with Gasteiger partial charge in [0.05, 0.1) is 6.42 Å². The predicted molar refractivity (Wildman–Crippen MR) is 79.0 cm³/mol. The van der Waals surface area contributed by atoms with Crippen molar-refractivity contribution in [3.8, 4) is 0 Å². The largest absolute Gasteiger partial charge is 0.481 e. The summed E-state index contributed by atoms with van der Waals surface area (Å²) in [5.74, 6) is -0.533. The normalized spacial score (nSPS) is 12.0. The van der Waals surface area contributed by atoms with Crippen LogP contribution < -0.4 is 10.6 Å². The topological polar surface area (TPSA) is 78.4 Å². The molecular formula is C15H22N2O3. The first kappa shape index (κ1) is 16.0. The van der Waals surface area contributed by atoms with Gasteiger partial charge in [0.2, 0.25) is 0 Å². The number of carboxylic acids is 1. The minimum absolute atomic E-state index is 0.0735. The molecule has 0 heterocycles. The van der Waals surface area contributed by atoms with Crippen molar-refractivity contribution < 1.29 is 14.7 Å². The Morgan fingerprint density at radius 3 is 2.55 bits per heavy atom. The Bertz CT molecular complexity index is 472. The van der Waals surface area contributed by atoms with Crippen molar-refractivity contribution in [1.29, 1.82) is 0 Å². The number of nitrogens with one attached hydrogen (secondary N) is 2. The van der Waals surface area contributed by atoms with E-state index in [0.717, 1.165) is 5.56 Å². The molecule has 0 aromatic heterocycles. The fourth-order valence-corrected chi connectivity index (χ4v) is 1.84. The van der Waals surface area contributed by atoms with E-state index >= 15 is 0 Å². The molecule has 0 saturated carbocycles. The zero-order valence-electron chi connectivity index (χ0n) is 12.1. The maximum atomic E-state index is 11.8. The molecule has 0 bridgehead atoms. The zero-order chi connectivity index (χ0) is 15.1. The van der Waals surface area contributed by atoms with Crippen LogP contribution in [0.1, 0.15) is 45.1 Å². The number of urea groups is 1. The van der Waals surface area contributed by atoms with E-state index in [1.807, 2.05) is 31.2 Å². The molecule has 1 aromatic rings. The summed E-state index contributed by atoms with van der Waals surface area (Å²) in [4.78, 5) is 22.5. The second-order valence-corrected chi connectivity index (χ2v) is 5.08. The van der Waals surface area contributed by atoms with Crippen LogP contribution in [-0.2, 0) is 4.79 Å². The highest BCUT2D eigenvalue weighted by Crippen LogP contribution is 2.18. The van der Waals surface area contributed by atoms with Gasteiger partial charge in [0.1, 0.15) is 0 Å². The van der Waals surface area contributed by atoms with Crippen LogP contribution in [0.4, 0.5) is 10.5 Å². The molecule has 0 spiro atoms. The molecule has 2 amide bonds. The van der Waals surface area contributed by atoms with E-state index in [4.69, 9.17) is 5.11 Å². The maximum Gasteiger partial charge on any atom is 0.319 e. The summed E-state index contributed by atoms with van der Waals surface area (Å²) in [5, 5.41) is 14.1. The summed E-state index contributed by atoms with van der Waals surface area (Å²) in [5.41, 5.74) is 1.85. The Morgan fingerprint density at radius 1 is 1.30 bits per heavy atom. The summed E-state index contributed by atoms with van der Waals surface area (Å²) in [6.07, 6.45) is 0.502. The minimum atomic E-state index is -0.918. The van der Waals surface area contributed by atoms with Gasteiger partial charge < -0.3 is 15.7 Å². The van der Waals surface area contributed by atoms with Gasteiger partial charge in [-0.05, 0) is 30.0 Å². The standard InChI is InChI=1S/C15H22N2O3/c1-4-12(9-14(18)19)16-15(20)17-13-7-5-6-11(8-13)10(2)3/h5-8,10,12H,4,9H2,1-3H3,(H,18,19)(H2,16,17,20). The van der Waals surface area contributed by atoms with Gasteiger partial charge in [0.15, 0.2) is 0 Å². The lowest BCUT2D eigenvalue weighted by atomic mass is 10.0. The van der Waals surface area contributed by atoms with Crippen LogP contribution in [0, 0.1) is 0 Å². The van der Waals surface area contributed by atoms with Gasteiger partial charge in [-0.15, -0.1) is 0 Å². The zero-order valence-corrected chi connectivity index (χ0v) is 12.1. The molecule has 3 N–H and O–H groups in total. The van der Waals surface area contributed by atoms with Crippen LogP contribution in [0.5, 0.6) is 0 Å². The first-order chi connectivity index (χ1) is 9.42. The number of aliphatic carboxylic acids is 1. The van der Waals surface area contributed by atoms with E-state index in [1.54, 1.807) is 0 Å². The monoisotopic (exact) mass is 278 g/mol. The fourth-order valence-electron chi connectivity index (χ4n) is 1.84. The fraction of sp³-hybridized carbons (Fsp3) is 0.467. The molecule has 5 heteroatoms. The Hall–Kier alpha value is -2.04. The highest BCUT2D eigenvalue weighted by Gasteiger charge is 2.14. The quantitative estimate of drug-likeness (QED) is 0.747. The molecular weight excluding hydrogens is 256 g/mol. The highest BCUT2D eigenvalue weighted by atomic mass is 16.4. The second kappa shape index (κ2) is 7.53. The lowest BCUT2D eigenvalue weighted by Gasteiger charge is -2.16. The van der Waals surface area contributed by atoms with E-state index in [1.165, 1.54) is 0 Å². The van der Waals surface area contributed by atoms with Crippen LogP contribution in [0.2, 0.25) is 0 Å². The van der Waals surface area contributed by atoms with Crippen molar-refractivity contribution in [2.75, 3.05) is 5.32 Å². The smallest absolute Gasteiger partial charge is 0.319 e. The highest BCUT2D eigenvalue weighted by molar-refractivity contribution is 5.89. The number of carbonyl (C=O) groups excluding carboxylic acids is 1. The summed E-state index contributed by atoms with van der Waals surface area (Å²) in [7, 11) is 0. The number of rotatable bonds is 6. The number of hydrogen-bond donors (Lipinski definition) is 3. The molecule has 0 aliphatic heterocycles. The molecule has 1 atom stereocenters. The number of carboxylic acid groups (broad SMARTS) is 1. The van der Waals surface area contributed by atoms with E-state index in [-0.39, 0.29) is 18.5 Å². The third-order valence-corrected chi connectivity index (χ3v) is 3.06. The maximum absolute atomic E-state index is 11.8. The van der Waals surface area contributed by atoms with Crippen molar-refractivity contribution in [1.82, 2.24) is 5.32 Å². The number of anilines is 1. The summed E-state index contributed by atoms with van der Waals surface area (Å²) >= 11 is 0.